The molecule has 2 aliphatic rings. The van der Waals surface area contributed by atoms with Gasteiger partial charge in [0.2, 0.25) is 10.0 Å². The molecule has 1 unspecified atom stereocenters. The Hall–Kier alpha value is -1.18. The Morgan fingerprint density at radius 1 is 1.30 bits per heavy atom. The lowest BCUT2D eigenvalue weighted by Gasteiger charge is -2.18. The molecule has 0 radical (unpaired) electrons. The van der Waals surface area contributed by atoms with Crippen LogP contribution in [0.2, 0.25) is 0 Å². The predicted molar refractivity (Wildman–Crippen MR) is 88.9 cm³/mol. The lowest BCUT2D eigenvalue weighted by atomic mass is 10.2. The van der Waals surface area contributed by atoms with Crippen LogP contribution >= 0.6 is 0 Å². The molecule has 3 rings (SSSR count). The second-order valence-electron chi connectivity index (χ2n) is 6.53. The average molecular weight is 340 g/mol. The monoisotopic (exact) mass is 340 g/mol. The summed E-state index contributed by atoms with van der Waals surface area (Å²) in [5.74, 6) is 0.882. The van der Waals surface area contributed by atoms with Crippen LogP contribution in [0.3, 0.4) is 0 Å². The molecule has 23 heavy (non-hydrogen) atoms. The minimum atomic E-state index is -3.33. The lowest BCUT2D eigenvalue weighted by Crippen LogP contribution is -3.14. The van der Waals surface area contributed by atoms with E-state index >= 15 is 0 Å². The number of sulfonamides is 1. The molecule has 0 bridgehead atoms. The van der Waals surface area contributed by atoms with Gasteiger partial charge in [0.05, 0.1) is 13.1 Å². The van der Waals surface area contributed by atoms with Gasteiger partial charge in [-0.3, -0.25) is 5.32 Å². The van der Waals surface area contributed by atoms with Crippen molar-refractivity contribution in [3.05, 3.63) is 18.3 Å². The molecule has 0 amide bonds. The summed E-state index contributed by atoms with van der Waals surface area (Å²) in [4.78, 5) is 5.11. The first-order valence-electron chi connectivity index (χ1n) is 8.71. The molecule has 3 heterocycles. The van der Waals surface area contributed by atoms with E-state index in [-0.39, 0.29) is 0 Å². The van der Waals surface area contributed by atoms with Gasteiger partial charge in [-0.25, -0.2) is 13.4 Å². The average Bonchev–Trinajstić information content (AvgIpc) is 3.24. The number of pyridine rings is 1. The van der Waals surface area contributed by atoms with E-state index in [1.54, 1.807) is 21.5 Å². The number of nitrogens with zero attached hydrogens (tertiary/aromatic N) is 1. The Bertz CT molecular complexity index is 611. The molecule has 128 valence electrons. The Labute approximate surface area is 138 Å². The van der Waals surface area contributed by atoms with E-state index in [2.05, 4.69) is 17.2 Å². The highest BCUT2D eigenvalue weighted by molar-refractivity contribution is 7.89. The fourth-order valence-electron chi connectivity index (χ4n) is 3.69. The van der Waals surface area contributed by atoms with E-state index in [1.165, 1.54) is 25.9 Å². The fourth-order valence-corrected chi connectivity index (χ4v) is 5.17. The molecule has 0 aromatic carbocycles. The van der Waals surface area contributed by atoms with E-state index < -0.39 is 10.0 Å². The van der Waals surface area contributed by atoms with Crippen LogP contribution in [0.25, 0.3) is 0 Å². The molecular weight excluding hydrogens is 312 g/mol. The number of hydrogen-bond acceptors (Lipinski definition) is 3. The molecule has 2 aliphatic heterocycles. The first-order chi connectivity index (χ1) is 11.1. The molecule has 1 aromatic heterocycles. The van der Waals surface area contributed by atoms with Crippen LogP contribution < -0.4 is 15.2 Å². The third kappa shape index (κ3) is 3.67. The highest BCUT2D eigenvalue weighted by Gasteiger charge is 2.30. The van der Waals surface area contributed by atoms with Gasteiger partial charge in [0.25, 0.3) is 5.82 Å². The summed E-state index contributed by atoms with van der Waals surface area (Å²) in [6, 6.07) is 4.19. The van der Waals surface area contributed by atoms with E-state index in [1.807, 2.05) is 6.07 Å². The van der Waals surface area contributed by atoms with Crippen LogP contribution in [0, 0.1) is 0 Å². The molecule has 2 saturated heterocycles. The first kappa shape index (κ1) is 16.7. The second kappa shape index (κ2) is 7.15. The Morgan fingerprint density at radius 3 is 2.74 bits per heavy atom. The first-order valence-corrected chi connectivity index (χ1v) is 10.2. The van der Waals surface area contributed by atoms with Gasteiger partial charge in [-0.15, -0.1) is 0 Å². The predicted octanol–water partition coefficient (Wildman–Crippen LogP) is -0.236. The number of rotatable bonds is 6. The lowest BCUT2D eigenvalue weighted by molar-refractivity contribution is -0.908. The maximum absolute atomic E-state index is 12.5. The van der Waals surface area contributed by atoms with Crippen molar-refractivity contribution in [3.63, 3.8) is 0 Å². The highest BCUT2D eigenvalue weighted by Crippen LogP contribution is 2.19. The summed E-state index contributed by atoms with van der Waals surface area (Å²) in [6.45, 7) is 6.87. The van der Waals surface area contributed by atoms with Gasteiger partial charge in [0.1, 0.15) is 23.7 Å². The van der Waals surface area contributed by atoms with Crippen LogP contribution in [0.5, 0.6) is 0 Å². The number of H-pyrrole nitrogens is 1. The second-order valence-corrected chi connectivity index (χ2v) is 8.47. The topological polar surface area (TPSA) is 68.0 Å². The minimum Gasteiger partial charge on any atom is -0.329 e. The molecule has 0 aliphatic carbocycles. The molecule has 0 saturated carbocycles. The summed E-state index contributed by atoms with van der Waals surface area (Å²) in [5.41, 5.74) is 0. The van der Waals surface area contributed by atoms with E-state index in [4.69, 9.17) is 0 Å². The van der Waals surface area contributed by atoms with Gasteiger partial charge in [-0.1, -0.05) is 0 Å². The standard InChI is InChI=1S/C16H26N4O2S/c1-2-19-9-5-6-14(19)12-17-16-8-7-15(13-18-16)23(21,22)20-10-3-4-11-20/h7-8,13-14H,2-6,9-12H2,1H3,(H,17,18)/p+2/t14-/m0/s1. The normalized spacial score (nSPS) is 25.8. The van der Waals surface area contributed by atoms with E-state index in [9.17, 15) is 8.42 Å². The number of quaternary nitrogens is 1. The van der Waals surface area contributed by atoms with Crippen LogP contribution in [0.1, 0.15) is 32.6 Å². The van der Waals surface area contributed by atoms with Crippen molar-refractivity contribution in [2.45, 2.75) is 43.5 Å². The number of aromatic amines is 1. The third-order valence-corrected chi connectivity index (χ3v) is 7.00. The Balaban J connectivity index is 1.61. The molecule has 3 N–H and O–H groups in total. The van der Waals surface area contributed by atoms with Crippen LogP contribution in [0.15, 0.2) is 23.2 Å². The van der Waals surface area contributed by atoms with Crippen molar-refractivity contribution in [1.29, 1.82) is 0 Å². The quantitative estimate of drug-likeness (QED) is 0.751. The summed E-state index contributed by atoms with van der Waals surface area (Å²) in [7, 11) is -3.33. The SMILES string of the molecule is CC[NH+]1CCC[C@H]1CNc1ccc(S(=O)(=O)N2CCCC2)c[nH+]1. The minimum absolute atomic E-state index is 0.353. The van der Waals surface area contributed by atoms with Crippen LogP contribution in [-0.2, 0) is 10.0 Å². The van der Waals surface area contributed by atoms with Crippen molar-refractivity contribution in [2.75, 3.05) is 38.0 Å². The summed E-state index contributed by atoms with van der Waals surface area (Å²) in [6.07, 6.45) is 6.08. The molecule has 7 heteroatoms. The summed E-state index contributed by atoms with van der Waals surface area (Å²) in [5, 5.41) is 3.41. The Kier molecular flexibility index (Phi) is 5.18. The third-order valence-electron chi connectivity index (χ3n) is 5.11. The maximum Gasteiger partial charge on any atom is 0.272 e. The molecular formula is C16H28N4O2S+2. The van der Waals surface area contributed by atoms with E-state index in [0.29, 0.717) is 24.0 Å². The van der Waals surface area contributed by atoms with Crippen molar-refractivity contribution in [1.82, 2.24) is 4.31 Å². The Morgan fingerprint density at radius 2 is 2.09 bits per heavy atom. The molecule has 2 fully saturated rings. The van der Waals surface area contributed by atoms with Gasteiger partial charge < -0.3 is 4.90 Å². The molecule has 2 atom stereocenters. The van der Waals surface area contributed by atoms with Gasteiger partial charge in [-0.05, 0) is 25.8 Å². The zero-order valence-corrected chi connectivity index (χ0v) is 14.7. The molecule has 6 nitrogen and oxygen atoms in total. The fraction of sp³-hybridized carbons (Fsp3) is 0.688. The smallest absolute Gasteiger partial charge is 0.272 e. The number of likely N-dealkylation sites (tertiary alicyclic amines) is 1. The van der Waals surface area contributed by atoms with Crippen molar-refractivity contribution < 1.29 is 18.3 Å². The number of anilines is 1. The van der Waals surface area contributed by atoms with Crippen LogP contribution in [-0.4, -0.2) is 51.5 Å². The van der Waals surface area contributed by atoms with Gasteiger partial charge in [0.15, 0.2) is 0 Å². The van der Waals surface area contributed by atoms with Gasteiger partial charge in [0, 0.05) is 32.0 Å². The number of nitrogens with one attached hydrogen (secondary N) is 3. The largest absolute Gasteiger partial charge is 0.329 e. The van der Waals surface area contributed by atoms with Crippen molar-refractivity contribution in [2.24, 2.45) is 0 Å². The number of aromatic nitrogens is 1. The van der Waals surface area contributed by atoms with Gasteiger partial charge in [-0.2, -0.15) is 4.31 Å². The van der Waals surface area contributed by atoms with E-state index in [0.717, 1.165) is 25.2 Å². The zero-order valence-electron chi connectivity index (χ0n) is 13.8. The number of hydrogen-bond donors (Lipinski definition) is 2. The summed E-state index contributed by atoms with van der Waals surface area (Å²) >= 11 is 0. The molecule has 1 aromatic rings. The van der Waals surface area contributed by atoms with Gasteiger partial charge >= 0.3 is 0 Å². The molecule has 0 spiro atoms. The van der Waals surface area contributed by atoms with Crippen molar-refractivity contribution >= 4 is 15.8 Å². The zero-order chi connectivity index (χ0) is 16.3. The van der Waals surface area contributed by atoms with Crippen molar-refractivity contribution in [3.8, 4) is 0 Å². The summed E-state index contributed by atoms with van der Waals surface area (Å²) < 4.78 is 26.5. The highest BCUT2D eigenvalue weighted by atomic mass is 32.2. The number of likely N-dealkylation sites (N-methyl/N-ethyl adjacent to an activating group) is 1. The maximum atomic E-state index is 12.5. The van der Waals surface area contributed by atoms with Crippen LogP contribution in [0.4, 0.5) is 5.82 Å².